The molecule has 0 saturated heterocycles. The molecule has 0 aliphatic heterocycles. The molecule has 0 fully saturated rings. The highest BCUT2D eigenvalue weighted by molar-refractivity contribution is 5.79. The van der Waals surface area contributed by atoms with Crippen molar-refractivity contribution in [1.29, 1.82) is 0 Å². The van der Waals surface area contributed by atoms with E-state index in [4.69, 9.17) is 0 Å². The summed E-state index contributed by atoms with van der Waals surface area (Å²) < 4.78 is 0. The topological polar surface area (TPSA) is 12.4 Å². The predicted octanol–water partition coefficient (Wildman–Crippen LogP) is 4.70. The molecule has 0 aliphatic carbocycles. The Morgan fingerprint density at radius 3 is 1.93 bits per heavy atom. The van der Waals surface area contributed by atoms with Crippen LogP contribution in [0.4, 0.5) is 0 Å². The van der Waals surface area contributed by atoms with Gasteiger partial charge in [0.2, 0.25) is 0 Å². The molecule has 0 saturated carbocycles. The minimum absolute atomic E-state index is 1.04. The van der Waals surface area contributed by atoms with Crippen LogP contribution in [0.15, 0.2) is 53.7 Å². The van der Waals surface area contributed by atoms with E-state index in [1.807, 2.05) is 46.9 Å². The molecule has 1 heteroatoms. The molecule has 0 atom stereocenters. The van der Waals surface area contributed by atoms with Crippen molar-refractivity contribution in [3.8, 4) is 0 Å². The van der Waals surface area contributed by atoms with Crippen LogP contribution in [0.2, 0.25) is 0 Å². The number of hydrogen-bond donors (Lipinski definition) is 0. The number of nitrogens with zero attached hydrogens (tertiary/aromatic N) is 1. The van der Waals surface area contributed by atoms with Crippen molar-refractivity contribution in [2.75, 3.05) is 0 Å². The van der Waals surface area contributed by atoms with E-state index in [1.54, 1.807) is 12.2 Å². The summed E-state index contributed by atoms with van der Waals surface area (Å²) >= 11 is 0. The predicted molar refractivity (Wildman–Crippen MR) is 72.4 cm³/mol. The first kappa shape index (κ1) is 16.1. The lowest BCUT2D eigenvalue weighted by molar-refractivity contribution is 1.36. The van der Waals surface area contributed by atoms with Crippen molar-refractivity contribution < 1.29 is 0 Å². The van der Waals surface area contributed by atoms with E-state index >= 15 is 0 Å². The van der Waals surface area contributed by atoms with Gasteiger partial charge in [0.05, 0.1) is 0 Å². The fraction of sp³-hybridized carbons (Fsp3) is 0.357. The van der Waals surface area contributed by atoms with E-state index in [1.165, 1.54) is 0 Å². The highest BCUT2D eigenvalue weighted by Gasteiger charge is 1.91. The van der Waals surface area contributed by atoms with Gasteiger partial charge in [0, 0.05) is 11.9 Å². The molecule has 0 aliphatic rings. The zero-order valence-corrected chi connectivity index (χ0v) is 10.7. The summed E-state index contributed by atoms with van der Waals surface area (Å²) in [7, 11) is 0. The molecule has 0 heterocycles. The van der Waals surface area contributed by atoms with Crippen LogP contribution in [-0.2, 0) is 0 Å². The summed E-state index contributed by atoms with van der Waals surface area (Å²) in [6.45, 7) is 17.3. The third kappa shape index (κ3) is 8.95. The molecule has 0 spiro atoms. The SMILES string of the molecule is C=C/C=C(C=C)/C(C)=C/N=C(C)C.CC. The summed E-state index contributed by atoms with van der Waals surface area (Å²) in [5.41, 5.74) is 3.19. The Morgan fingerprint density at radius 1 is 1.07 bits per heavy atom. The van der Waals surface area contributed by atoms with Crippen molar-refractivity contribution in [1.82, 2.24) is 0 Å². The van der Waals surface area contributed by atoms with Crippen LogP contribution in [0.5, 0.6) is 0 Å². The Morgan fingerprint density at radius 2 is 1.60 bits per heavy atom. The summed E-state index contributed by atoms with van der Waals surface area (Å²) in [4.78, 5) is 4.21. The Bertz CT molecular complexity index is 274. The van der Waals surface area contributed by atoms with E-state index < -0.39 is 0 Å². The first-order valence-electron chi connectivity index (χ1n) is 5.25. The van der Waals surface area contributed by atoms with Crippen LogP contribution in [-0.4, -0.2) is 5.71 Å². The number of rotatable bonds is 4. The van der Waals surface area contributed by atoms with E-state index in [2.05, 4.69) is 18.2 Å². The van der Waals surface area contributed by atoms with Crippen molar-refractivity contribution >= 4 is 5.71 Å². The Hall–Kier alpha value is -1.37. The first-order valence-corrected chi connectivity index (χ1v) is 5.25. The van der Waals surface area contributed by atoms with Gasteiger partial charge < -0.3 is 0 Å². The average molecular weight is 205 g/mol. The van der Waals surface area contributed by atoms with Gasteiger partial charge in [0.1, 0.15) is 0 Å². The molecule has 0 N–H and O–H groups in total. The lowest BCUT2D eigenvalue weighted by atomic mass is 10.1. The molecule has 0 rings (SSSR count). The molecule has 15 heavy (non-hydrogen) atoms. The van der Waals surface area contributed by atoms with Crippen molar-refractivity contribution in [3.05, 3.63) is 48.7 Å². The average Bonchev–Trinajstić information content (AvgIpc) is 2.25. The zero-order chi connectivity index (χ0) is 12.3. The lowest BCUT2D eigenvalue weighted by Crippen LogP contribution is -1.82. The second-order valence-electron chi connectivity index (χ2n) is 2.95. The third-order valence-electron chi connectivity index (χ3n) is 1.49. The number of aliphatic imine (C=N–C) groups is 1. The smallest absolute Gasteiger partial charge is 0.0302 e. The fourth-order valence-corrected chi connectivity index (χ4v) is 0.788. The van der Waals surface area contributed by atoms with Gasteiger partial charge in [-0.25, -0.2) is 0 Å². The Balaban J connectivity index is 0. The molecule has 0 unspecified atom stereocenters. The largest absolute Gasteiger partial charge is 0.266 e. The Kier molecular flexibility index (Phi) is 11.5. The normalized spacial score (nSPS) is 11.0. The summed E-state index contributed by atoms with van der Waals surface area (Å²) in [6, 6.07) is 0. The maximum atomic E-state index is 4.21. The molecule has 0 aromatic carbocycles. The minimum Gasteiger partial charge on any atom is -0.266 e. The van der Waals surface area contributed by atoms with Gasteiger partial charge in [0.15, 0.2) is 0 Å². The monoisotopic (exact) mass is 205 g/mol. The molecule has 0 radical (unpaired) electrons. The van der Waals surface area contributed by atoms with E-state index in [0.717, 1.165) is 16.9 Å². The molecule has 0 amide bonds. The maximum Gasteiger partial charge on any atom is 0.0302 e. The van der Waals surface area contributed by atoms with Crippen LogP contribution in [0.1, 0.15) is 34.6 Å². The van der Waals surface area contributed by atoms with E-state index in [-0.39, 0.29) is 0 Å². The lowest BCUT2D eigenvalue weighted by Gasteiger charge is -1.98. The number of allylic oxidation sites excluding steroid dienone is 5. The Labute approximate surface area is 94.6 Å². The number of hydrogen-bond acceptors (Lipinski definition) is 1. The van der Waals surface area contributed by atoms with Crippen LogP contribution in [0.25, 0.3) is 0 Å². The molecular weight excluding hydrogens is 182 g/mol. The zero-order valence-electron chi connectivity index (χ0n) is 10.7. The van der Waals surface area contributed by atoms with Gasteiger partial charge in [-0.2, -0.15) is 0 Å². The van der Waals surface area contributed by atoms with Crippen molar-refractivity contribution in [2.45, 2.75) is 34.6 Å². The summed E-state index contributed by atoms with van der Waals surface area (Å²) in [6.07, 6.45) is 7.30. The molecule has 0 aromatic heterocycles. The van der Waals surface area contributed by atoms with Crippen molar-refractivity contribution in [3.63, 3.8) is 0 Å². The first-order chi connectivity index (χ1) is 7.11. The van der Waals surface area contributed by atoms with E-state index in [0.29, 0.717) is 0 Å². The molecular formula is C14H23N. The molecule has 0 aromatic rings. The molecule has 84 valence electrons. The van der Waals surface area contributed by atoms with Gasteiger partial charge in [0.25, 0.3) is 0 Å². The summed E-state index contributed by atoms with van der Waals surface area (Å²) in [5.74, 6) is 0. The highest BCUT2D eigenvalue weighted by atomic mass is 14.7. The highest BCUT2D eigenvalue weighted by Crippen LogP contribution is 2.10. The summed E-state index contributed by atoms with van der Waals surface area (Å²) in [5, 5.41) is 0. The van der Waals surface area contributed by atoms with Crippen LogP contribution in [0.3, 0.4) is 0 Å². The fourth-order valence-electron chi connectivity index (χ4n) is 0.788. The van der Waals surface area contributed by atoms with Crippen LogP contribution in [0, 0.1) is 0 Å². The third-order valence-corrected chi connectivity index (χ3v) is 1.49. The second-order valence-corrected chi connectivity index (χ2v) is 2.95. The van der Waals surface area contributed by atoms with Gasteiger partial charge in [-0.05, 0) is 31.9 Å². The van der Waals surface area contributed by atoms with Gasteiger partial charge in [-0.3, -0.25) is 4.99 Å². The molecule has 1 nitrogen and oxygen atoms in total. The standard InChI is InChI=1S/C12H17N.C2H6/c1-6-8-12(7-2)11(5)9-13-10(3)4;1-2/h6-9H,1-2H2,3-5H3;1-2H3/b11-9+,12-8+;. The second kappa shape index (κ2) is 10.7. The van der Waals surface area contributed by atoms with Crippen LogP contribution >= 0.6 is 0 Å². The van der Waals surface area contributed by atoms with Gasteiger partial charge >= 0.3 is 0 Å². The molecule has 0 bridgehead atoms. The van der Waals surface area contributed by atoms with Gasteiger partial charge in [-0.15, -0.1) is 0 Å². The maximum absolute atomic E-state index is 4.21. The quantitative estimate of drug-likeness (QED) is 0.466. The van der Waals surface area contributed by atoms with Crippen LogP contribution < -0.4 is 0 Å². The van der Waals surface area contributed by atoms with Crippen molar-refractivity contribution in [2.24, 2.45) is 4.99 Å². The van der Waals surface area contributed by atoms with Gasteiger partial charge in [-0.1, -0.05) is 45.2 Å². The van der Waals surface area contributed by atoms with E-state index in [9.17, 15) is 0 Å². The minimum atomic E-state index is 1.04.